The topological polar surface area (TPSA) is 63.2 Å². The van der Waals surface area contributed by atoms with Crippen molar-refractivity contribution < 1.29 is 4.74 Å². The summed E-state index contributed by atoms with van der Waals surface area (Å²) in [5.74, 6) is 1.04. The number of hydrogen-bond acceptors (Lipinski definition) is 6. The quantitative estimate of drug-likeness (QED) is 0.729. The number of nitrogens with zero attached hydrogens (tertiary/aromatic N) is 4. The highest BCUT2D eigenvalue weighted by Gasteiger charge is 2.05. The van der Waals surface area contributed by atoms with Gasteiger partial charge in [0.15, 0.2) is 0 Å². The fourth-order valence-electron chi connectivity index (χ4n) is 1.24. The minimum Gasteiger partial charge on any atom is -0.381 e. The molecule has 0 unspecified atom stereocenters. The van der Waals surface area contributed by atoms with Crippen LogP contribution in [0.4, 0.5) is 11.9 Å². The van der Waals surface area contributed by atoms with Crippen LogP contribution in [0.1, 0.15) is 19.8 Å². The summed E-state index contributed by atoms with van der Waals surface area (Å²) >= 11 is 5.82. The Balaban J connectivity index is 2.37. The molecule has 0 aliphatic rings. The van der Waals surface area contributed by atoms with Crippen LogP contribution in [0, 0.1) is 0 Å². The SMILES string of the molecule is CCCOCCCNc1nc(Cl)nc(N(C)C)n1. The molecule has 7 heteroatoms. The summed E-state index contributed by atoms with van der Waals surface area (Å²) in [6.45, 7) is 4.38. The van der Waals surface area contributed by atoms with Crippen molar-refractivity contribution in [1.82, 2.24) is 15.0 Å². The lowest BCUT2D eigenvalue weighted by molar-refractivity contribution is 0.134. The van der Waals surface area contributed by atoms with Crippen molar-refractivity contribution in [2.45, 2.75) is 19.8 Å². The van der Waals surface area contributed by atoms with Crippen LogP contribution in [0.25, 0.3) is 0 Å². The van der Waals surface area contributed by atoms with E-state index in [9.17, 15) is 0 Å². The molecule has 1 N–H and O–H groups in total. The smallest absolute Gasteiger partial charge is 0.230 e. The molecule has 0 atom stereocenters. The van der Waals surface area contributed by atoms with E-state index in [-0.39, 0.29) is 5.28 Å². The monoisotopic (exact) mass is 273 g/mol. The Morgan fingerprint density at radius 3 is 2.67 bits per heavy atom. The van der Waals surface area contributed by atoms with Crippen molar-refractivity contribution in [3.8, 4) is 0 Å². The normalized spacial score (nSPS) is 10.4. The van der Waals surface area contributed by atoms with E-state index in [1.165, 1.54) is 0 Å². The molecule has 0 fully saturated rings. The Kier molecular flexibility index (Phi) is 6.67. The highest BCUT2D eigenvalue weighted by molar-refractivity contribution is 6.28. The summed E-state index contributed by atoms with van der Waals surface area (Å²) < 4.78 is 5.38. The number of aromatic nitrogens is 3. The molecule has 0 spiro atoms. The lowest BCUT2D eigenvalue weighted by Gasteiger charge is -2.11. The molecule has 102 valence electrons. The Morgan fingerprint density at radius 2 is 2.00 bits per heavy atom. The van der Waals surface area contributed by atoms with Crippen molar-refractivity contribution in [3.05, 3.63) is 5.28 Å². The molecule has 0 bridgehead atoms. The lowest BCUT2D eigenvalue weighted by Crippen LogP contribution is -2.16. The summed E-state index contributed by atoms with van der Waals surface area (Å²) in [7, 11) is 3.71. The predicted octanol–water partition coefficient (Wildman–Crippen LogP) is 1.82. The first-order valence-electron chi connectivity index (χ1n) is 6.04. The molecule has 1 aromatic rings. The van der Waals surface area contributed by atoms with E-state index in [1.54, 1.807) is 4.90 Å². The van der Waals surface area contributed by atoms with E-state index in [1.807, 2.05) is 14.1 Å². The van der Waals surface area contributed by atoms with Gasteiger partial charge in [-0.1, -0.05) is 6.92 Å². The molecule has 6 nitrogen and oxygen atoms in total. The van der Waals surface area contributed by atoms with E-state index >= 15 is 0 Å². The van der Waals surface area contributed by atoms with Gasteiger partial charge in [-0.15, -0.1) is 0 Å². The second-order valence-electron chi connectivity index (χ2n) is 4.02. The molecule has 1 heterocycles. The zero-order chi connectivity index (χ0) is 13.4. The molecule has 1 aromatic heterocycles. The molecule has 0 aliphatic carbocycles. The van der Waals surface area contributed by atoms with Crippen LogP contribution >= 0.6 is 11.6 Å². The van der Waals surface area contributed by atoms with E-state index in [4.69, 9.17) is 16.3 Å². The van der Waals surface area contributed by atoms with Gasteiger partial charge < -0.3 is 15.0 Å². The minimum absolute atomic E-state index is 0.193. The maximum Gasteiger partial charge on any atom is 0.230 e. The van der Waals surface area contributed by atoms with Crippen LogP contribution in [0.15, 0.2) is 0 Å². The Morgan fingerprint density at radius 1 is 1.22 bits per heavy atom. The Bertz CT molecular complexity index is 361. The van der Waals surface area contributed by atoms with Crippen LogP contribution in [0.5, 0.6) is 0 Å². The summed E-state index contributed by atoms with van der Waals surface area (Å²) in [5.41, 5.74) is 0. The third-order valence-corrected chi connectivity index (χ3v) is 2.26. The average molecular weight is 274 g/mol. The highest BCUT2D eigenvalue weighted by atomic mass is 35.5. The van der Waals surface area contributed by atoms with Crippen LogP contribution in [0.3, 0.4) is 0 Å². The van der Waals surface area contributed by atoms with E-state index in [0.717, 1.165) is 32.6 Å². The number of nitrogens with one attached hydrogen (secondary N) is 1. The van der Waals surface area contributed by atoms with Crippen LogP contribution in [0.2, 0.25) is 5.28 Å². The first-order chi connectivity index (χ1) is 8.63. The van der Waals surface area contributed by atoms with Gasteiger partial charge in [-0.05, 0) is 24.4 Å². The molecule has 0 saturated heterocycles. The fraction of sp³-hybridized carbons (Fsp3) is 0.727. The number of ether oxygens (including phenoxy) is 1. The van der Waals surface area contributed by atoms with Crippen molar-refractivity contribution in [3.63, 3.8) is 0 Å². The Hall–Kier alpha value is -1.14. The molecule has 0 aliphatic heterocycles. The summed E-state index contributed by atoms with van der Waals surface area (Å²) in [5, 5.41) is 3.30. The van der Waals surface area contributed by atoms with Crippen molar-refractivity contribution in [1.29, 1.82) is 0 Å². The first kappa shape index (κ1) is 14.9. The fourth-order valence-corrected chi connectivity index (χ4v) is 1.40. The van der Waals surface area contributed by atoms with Crippen LogP contribution in [-0.2, 0) is 4.74 Å². The maximum absolute atomic E-state index is 5.82. The third kappa shape index (κ3) is 5.46. The van der Waals surface area contributed by atoms with E-state index in [2.05, 4.69) is 27.2 Å². The zero-order valence-electron chi connectivity index (χ0n) is 11.1. The summed E-state index contributed by atoms with van der Waals surface area (Å²) in [6, 6.07) is 0. The van der Waals surface area contributed by atoms with Gasteiger partial charge in [-0.25, -0.2) is 0 Å². The molecule has 0 aromatic carbocycles. The summed E-state index contributed by atoms with van der Waals surface area (Å²) in [4.78, 5) is 14.0. The molecule has 0 radical (unpaired) electrons. The molecular weight excluding hydrogens is 254 g/mol. The largest absolute Gasteiger partial charge is 0.381 e. The zero-order valence-corrected chi connectivity index (χ0v) is 11.9. The summed E-state index contributed by atoms with van der Waals surface area (Å²) in [6.07, 6.45) is 1.95. The van der Waals surface area contributed by atoms with Gasteiger partial charge in [0.1, 0.15) is 0 Å². The van der Waals surface area contributed by atoms with Gasteiger partial charge in [0.05, 0.1) is 0 Å². The van der Waals surface area contributed by atoms with Crippen molar-refractivity contribution >= 4 is 23.5 Å². The van der Waals surface area contributed by atoms with Gasteiger partial charge in [-0.3, -0.25) is 0 Å². The molecule has 18 heavy (non-hydrogen) atoms. The van der Waals surface area contributed by atoms with Crippen LogP contribution in [-0.4, -0.2) is 48.8 Å². The standard InChI is InChI=1S/C11H20ClN5O/c1-4-7-18-8-5-6-13-10-14-9(12)15-11(16-10)17(2)3/h4-8H2,1-3H3,(H,13,14,15,16). The van der Waals surface area contributed by atoms with Gasteiger partial charge in [0, 0.05) is 33.9 Å². The maximum atomic E-state index is 5.82. The third-order valence-electron chi connectivity index (χ3n) is 2.09. The molecule has 0 amide bonds. The first-order valence-corrected chi connectivity index (χ1v) is 6.41. The number of hydrogen-bond donors (Lipinski definition) is 1. The Labute approximate surface area is 113 Å². The van der Waals surface area contributed by atoms with Gasteiger partial charge in [0.25, 0.3) is 0 Å². The number of anilines is 2. The lowest BCUT2D eigenvalue weighted by atomic mass is 10.4. The molecule has 0 saturated carbocycles. The second kappa shape index (κ2) is 8.05. The number of rotatable bonds is 8. The van der Waals surface area contributed by atoms with Gasteiger partial charge >= 0.3 is 0 Å². The van der Waals surface area contributed by atoms with Crippen molar-refractivity contribution in [2.24, 2.45) is 0 Å². The van der Waals surface area contributed by atoms with Crippen molar-refractivity contribution in [2.75, 3.05) is 44.1 Å². The predicted molar refractivity (Wildman–Crippen MR) is 73.4 cm³/mol. The second-order valence-corrected chi connectivity index (χ2v) is 4.35. The molecule has 1 rings (SSSR count). The highest BCUT2D eigenvalue weighted by Crippen LogP contribution is 2.11. The van der Waals surface area contributed by atoms with Gasteiger partial charge in [-0.2, -0.15) is 15.0 Å². The van der Waals surface area contributed by atoms with Gasteiger partial charge in [0.2, 0.25) is 17.2 Å². The molecular formula is C11H20ClN5O. The number of halogens is 1. The van der Waals surface area contributed by atoms with E-state index in [0.29, 0.717) is 11.9 Å². The minimum atomic E-state index is 0.193. The average Bonchev–Trinajstić information content (AvgIpc) is 2.33. The van der Waals surface area contributed by atoms with Crippen LogP contribution < -0.4 is 10.2 Å². The van der Waals surface area contributed by atoms with E-state index < -0.39 is 0 Å².